The molecule has 24 heavy (non-hydrogen) atoms. The summed E-state index contributed by atoms with van der Waals surface area (Å²) in [6.45, 7) is 11.0. The quantitative estimate of drug-likeness (QED) is 0.280. The highest BCUT2D eigenvalue weighted by Gasteiger charge is 2.13. The lowest BCUT2D eigenvalue weighted by Gasteiger charge is -2.26. The highest BCUT2D eigenvalue weighted by molar-refractivity contribution is 5.76. The van der Waals surface area contributed by atoms with Gasteiger partial charge in [0.1, 0.15) is 0 Å². The molecule has 8 nitrogen and oxygen atoms in total. The zero-order valence-corrected chi connectivity index (χ0v) is 15.5. The fourth-order valence-corrected chi connectivity index (χ4v) is 2.04. The van der Waals surface area contributed by atoms with Crippen molar-refractivity contribution < 1.29 is 9.59 Å². The Balaban J connectivity index is 4.26. The second-order valence-corrected chi connectivity index (χ2v) is 6.80. The average Bonchev–Trinajstić information content (AvgIpc) is 2.51. The van der Waals surface area contributed by atoms with Gasteiger partial charge in [0.15, 0.2) is 0 Å². The van der Waals surface area contributed by atoms with Crippen LogP contribution in [0.2, 0.25) is 0 Å². The summed E-state index contributed by atoms with van der Waals surface area (Å²) in [7, 11) is 0. The maximum atomic E-state index is 11.7. The first-order valence-corrected chi connectivity index (χ1v) is 8.69. The lowest BCUT2D eigenvalue weighted by molar-refractivity contribution is -0.121. The Kier molecular flexibility index (Phi) is 12.4. The summed E-state index contributed by atoms with van der Waals surface area (Å²) in [4.78, 5) is 25.6. The van der Waals surface area contributed by atoms with E-state index in [0.717, 1.165) is 13.1 Å². The zero-order valence-electron chi connectivity index (χ0n) is 15.5. The first-order valence-electron chi connectivity index (χ1n) is 8.69. The second-order valence-electron chi connectivity index (χ2n) is 6.80. The average molecular weight is 345 g/mol. The van der Waals surface area contributed by atoms with Crippen LogP contribution < -0.4 is 27.4 Å². The van der Waals surface area contributed by atoms with E-state index in [4.69, 9.17) is 11.5 Å². The van der Waals surface area contributed by atoms with Crippen LogP contribution in [0, 0.1) is 0 Å². The van der Waals surface area contributed by atoms with Crippen molar-refractivity contribution in [2.24, 2.45) is 11.5 Å². The molecule has 2 amide bonds. The Labute approximate surface area is 146 Å². The summed E-state index contributed by atoms with van der Waals surface area (Å²) >= 11 is 0. The number of rotatable bonds is 13. The predicted octanol–water partition coefficient (Wildman–Crippen LogP) is -1.39. The Hall–Kier alpha value is -1.22. The van der Waals surface area contributed by atoms with Gasteiger partial charge in [-0.3, -0.25) is 9.59 Å². The van der Waals surface area contributed by atoms with E-state index in [1.54, 1.807) is 0 Å². The van der Waals surface area contributed by atoms with E-state index >= 15 is 0 Å². The lowest BCUT2D eigenvalue weighted by Crippen LogP contribution is -2.43. The molecule has 0 saturated carbocycles. The smallest absolute Gasteiger partial charge is 0.221 e. The summed E-state index contributed by atoms with van der Waals surface area (Å²) < 4.78 is 0. The topological polar surface area (TPSA) is 126 Å². The molecule has 8 heteroatoms. The number of nitrogens with one attached hydrogen (secondary N) is 3. The van der Waals surface area contributed by atoms with Gasteiger partial charge >= 0.3 is 0 Å². The van der Waals surface area contributed by atoms with Gasteiger partial charge in [0, 0.05) is 70.7 Å². The van der Waals surface area contributed by atoms with Crippen molar-refractivity contribution in [2.45, 2.75) is 39.2 Å². The van der Waals surface area contributed by atoms with Crippen molar-refractivity contribution in [1.82, 2.24) is 20.9 Å². The van der Waals surface area contributed by atoms with Crippen LogP contribution in [0.1, 0.15) is 33.6 Å². The van der Waals surface area contributed by atoms with E-state index in [1.165, 1.54) is 0 Å². The van der Waals surface area contributed by atoms with E-state index in [9.17, 15) is 9.59 Å². The molecule has 0 aliphatic rings. The first kappa shape index (κ1) is 22.8. The van der Waals surface area contributed by atoms with Crippen LogP contribution in [0.15, 0.2) is 0 Å². The number of amides is 2. The standard InChI is InChI=1S/C16H36N6O2/c1-16(2,3)21-10-13-22(11-4-14(23)19-8-6-17)12-5-15(24)20-9-7-18/h21H,4-13,17-18H2,1-3H3,(H,19,23)(H,20,24). The van der Waals surface area contributed by atoms with Crippen LogP contribution in [-0.2, 0) is 9.59 Å². The summed E-state index contributed by atoms with van der Waals surface area (Å²) in [5.74, 6) is -0.0244. The Bertz CT molecular complexity index is 333. The van der Waals surface area contributed by atoms with Gasteiger partial charge in [0.25, 0.3) is 0 Å². The second kappa shape index (κ2) is 13.1. The molecule has 0 rings (SSSR count). The normalized spacial score (nSPS) is 11.6. The van der Waals surface area contributed by atoms with E-state index < -0.39 is 0 Å². The molecular weight excluding hydrogens is 308 g/mol. The molecule has 0 aromatic rings. The van der Waals surface area contributed by atoms with E-state index in [-0.39, 0.29) is 17.4 Å². The Morgan fingerprint density at radius 3 is 1.67 bits per heavy atom. The van der Waals surface area contributed by atoms with Gasteiger partial charge in [0.05, 0.1) is 0 Å². The molecule has 0 aliphatic heterocycles. The fourth-order valence-electron chi connectivity index (χ4n) is 2.04. The van der Waals surface area contributed by atoms with Crippen molar-refractivity contribution in [3.05, 3.63) is 0 Å². The van der Waals surface area contributed by atoms with Gasteiger partial charge in [-0.15, -0.1) is 0 Å². The molecule has 0 bridgehead atoms. The fraction of sp³-hybridized carbons (Fsp3) is 0.875. The third-order valence-corrected chi connectivity index (χ3v) is 3.33. The van der Waals surface area contributed by atoms with Crippen molar-refractivity contribution in [3.63, 3.8) is 0 Å². The number of nitrogens with zero attached hydrogens (tertiary/aromatic N) is 1. The maximum Gasteiger partial charge on any atom is 0.221 e. The largest absolute Gasteiger partial charge is 0.355 e. The zero-order chi connectivity index (χ0) is 18.4. The van der Waals surface area contributed by atoms with E-state index in [0.29, 0.717) is 52.1 Å². The molecule has 0 radical (unpaired) electrons. The number of nitrogens with two attached hydrogens (primary N) is 2. The Morgan fingerprint density at radius 1 is 0.833 bits per heavy atom. The van der Waals surface area contributed by atoms with Crippen LogP contribution in [0.3, 0.4) is 0 Å². The summed E-state index contributed by atoms with van der Waals surface area (Å²) in [6.07, 6.45) is 0.805. The minimum absolute atomic E-state index is 0.0122. The molecule has 0 unspecified atom stereocenters. The third kappa shape index (κ3) is 14.4. The van der Waals surface area contributed by atoms with Crippen LogP contribution in [0.25, 0.3) is 0 Å². The number of carbonyl (C=O) groups excluding carboxylic acids is 2. The van der Waals surface area contributed by atoms with Crippen molar-refractivity contribution in [3.8, 4) is 0 Å². The van der Waals surface area contributed by atoms with Gasteiger partial charge in [-0.25, -0.2) is 0 Å². The van der Waals surface area contributed by atoms with Gasteiger partial charge in [-0.05, 0) is 20.8 Å². The third-order valence-electron chi connectivity index (χ3n) is 3.33. The lowest BCUT2D eigenvalue weighted by atomic mass is 10.1. The molecule has 0 heterocycles. The van der Waals surface area contributed by atoms with Gasteiger partial charge in [-0.2, -0.15) is 0 Å². The highest BCUT2D eigenvalue weighted by Crippen LogP contribution is 1.99. The minimum Gasteiger partial charge on any atom is -0.355 e. The van der Waals surface area contributed by atoms with Crippen molar-refractivity contribution in [1.29, 1.82) is 0 Å². The number of carbonyl (C=O) groups is 2. The van der Waals surface area contributed by atoms with Crippen LogP contribution in [0.5, 0.6) is 0 Å². The Morgan fingerprint density at radius 2 is 1.29 bits per heavy atom. The van der Waals surface area contributed by atoms with Crippen LogP contribution in [-0.4, -0.2) is 74.6 Å². The molecule has 0 fully saturated rings. The van der Waals surface area contributed by atoms with Crippen molar-refractivity contribution >= 4 is 11.8 Å². The first-order chi connectivity index (χ1) is 11.3. The molecule has 0 atom stereocenters. The van der Waals surface area contributed by atoms with Crippen molar-refractivity contribution in [2.75, 3.05) is 52.4 Å². The molecule has 0 aliphatic carbocycles. The molecule has 0 spiro atoms. The highest BCUT2D eigenvalue weighted by atomic mass is 16.2. The maximum absolute atomic E-state index is 11.7. The molecule has 7 N–H and O–H groups in total. The van der Waals surface area contributed by atoms with Crippen LogP contribution in [0.4, 0.5) is 0 Å². The molecule has 142 valence electrons. The number of hydrogen-bond donors (Lipinski definition) is 5. The molecule has 0 aromatic heterocycles. The van der Waals surface area contributed by atoms with E-state index in [2.05, 4.69) is 41.6 Å². The van der Waals surface area contributed by atoms with Crippen LogP contribution >= 0.6 is 0 Å². The molecule has 0 aromatic carbocycles. The number of hydrogen-bond acceptors (Lipinski definition) is 6. The van der Waals surface area contributed by atoms with Gasteiger partial charge in [-0.1, -0.05) is 0 Å². The SMILES string of the molecule is CC(C)(C)NCCN(CCC(=O)NCCN)CCC(=O)NCCN. The summed E-state index contributed by atoms with van der Waals surface area (Å²) in [5, 5.41) is 8.94. The summed E-state index contributed by atoms with van der Waals surface area (Å²) in [6, 6.07) is 0. The monoisotopic (exact) mass is 344 g/mol. The molecular formula is C16H36N6O2. The minimum atomic E-state index is -0.0122. The molecule has 0 saturated heterocycles. The predicted molar refractivity (Wildman–Crippen MR) is 97.6 cm³/mol. The van der Waals surface area contributed by atoms with Gasteiger partial charge in [0.2, 0.25) is 11.8 Å². The van der Waals surface area contributed by atoms with Gasteiger partial charge < -0.3 is 32.3 Å². The summed E-state index contributed by atoms with van der Waals surface area (Å²) in [5.41, 5.74) is 10.8. The van der Waals surface area contributed by atoms with E-state index in [1.807, 2.05) is 0 Å².